The van der Waals surface area contributed by atoms with E-state index in [1.807, 2.05) is 24.3 Å². The Morgan fingerprint density at radius 3 is 2.41 bits per heavy atom. The molecule has 0 radical (unpaired) electrons. The van der Waals surface area contributed by atoms with Crippen molar-refractivity contribution in [2.75, 3.05) is 46.1 Å². The van der Waals surface area contributed by atoms with E-state index in [1.165, 1.54) is 11.1 Å². The van der Waals surface area contributed by atoms with Gasteiger partial charge in [-0.15, -0.1) is 12.4 Å². The summed E-state index contributed by atoms with van der Waals surface area (Å²) in [5, 5.41) is 0.240. The molecular weight excluding hydrogens is 408 g/mol. The standard InChI is InChI=1S/C22H28N2O3S.ClH/c28-20(16-25-15-18-4-2-1-3-5-18)14-24-10-8-23(9-11-24)13-19-6-7-21-22(12-19)27-17-26-21;/h1-7,12,20,28H,8-11,13-17H2;1H. The number of hydrogen-bond acceptors (Lipinski definition) is 6. The van der Waals surface area contributed by atoms with Gasteiger partial charge < -0.3 is 14.2 Å². The van der Waals surface area contributed by atoms with Crippen LogP contribution in [0.2, 0.25) is 0 Å². The summed E-state index contributed by atoms with van der Waals surface area (Å²) in [6, 6.07) is 16.5. The summed E-state index contributed by atoms with van der Waals surface area (Å²) in [6.07, 6.45) is 0. The molecule has 0 bridgehead atoms. The van der Waals surface area contributed by atoms with Crippen LogP contribution < -0.4 is 9.47 Å². The van der Waals surface area contributed by atoms with E-state index in [4.69, 9.17) is 26.8 Å². The molecule has 1 fully saturated rings. The van der Waals surface area contributed by atoms with Crippen molar-refractivity contribution in [3.8, 4) is 11.5 Å². The molecule has 0 saturated carbocycles. The lowest BCUT2D eigenvalue weighted by Gasteiger charge is -2.35. The molecule has 0 aliphatic carbocycles. The van der Waals surface area contributed by atoms with Crippen molar-refractivity contribution in [1.29, 1.82) is 0 Å². The molecule has 29 heavy (non-hydrogen) atoms. The van der Waals surface area contributed by atoms with Gasteiger partial charge in [-0.1, -0.05) is 36.4 Å². The second-order valence-electron chi connectivity index (χ2n) is 7.42. The Balaban J connectivity index is 0.00000240. The Morgan fingerprint density at radius 1 is 0.897 bits per heavy atom. The van der Waals surface area contributed by atoms with Gasteiger partial charge in [-0.25, -0.2) is 0 Å². The quantitative estimate of drug-likeness (QED) is 0.641. The molecule has 4 rings (SSSR count). The second kappa shape index (κ2) is 11.1. The van der Waals surface area contributed by atoms with E-state index in [0.29, 0.717) is 20.0 Å². The number of rotatable bonds is 8. The van der Waals surface area contributed by atoms with E-state index >= 15 is 0 Å². The molecule has 7 heteroatoms. The van der Waals surface area contributed by atoms with Gasteiger partial charge in [0.1, 0.15) is 0 Å². The lowest BCUT2D eigenvalue weighted by Crippen LogP contribution is -2.48. The van der Waals surface area contributed by atoms with E-state index in [1.54, 1.807) is 0 Å². The molecule has 2 aromatic carbocycles. The fraction of sp³-hybridized carbons (Fsp3) is 0.455. The van der Waals surface area contributed by atoms with Crippen LogP contribution in [0.4, 0.5) is 0 Å². The SMILES string of the molecule is Cl.SC(COCc1ccccc1)CN1CCN(Cc2ccc3c(c2)OCO3)CC1. The zero-order chi connectivity index (χ0) is 19.2. The maximum atomic E-state index is 5.82. The molecule has 1 atom stereocenters. The smallest absolute Gasteiger partial charge is 0.231 e. The minimum absolute atomic E-state index is 0. The molecule has 158 valence electrons. The number of nitrogens with zero attached hydrogens (tertiary/aromatic N) is 2. The van der Waals surface area contributed by atoms with Gasteiger partial charge >= 0.3 is 0 Å². The van der Waals surface area contributed by atoms with Crippen LogP contribution in [0.1, 0.15) is 11.1 Å². The predicted octanol–water partition coefficient (Wildman–Crippen LogP) is 3.47. The van der Waals surface area contributed by atoms with E-state index in [0.717, 1.165) is 50.8 Å². The number of benzene rings is 2. The predicted molar refractivity (Wildman–Crippen MR) is 120 cm³/mol. The van der Waals surface area contributed by atoms with Crippen LogP contribution in [0, 0.1) is 0 Å². The van der Waals surface area contributed by atoms with Crippen LogP contribution in [-0.4, -0.2) is 61.2 Å². The molecule has 0 amide bonds. The third-order valence-electron chi connectivity index (χ3n) is 5.20. The summed E-state index contributed by atoms with van der Waals surface area (Å²) in [5.41, 5.74) is 2.49. The topological polar surface area (TPSA) is 34.2 Å². The molecule has 0 N–H and O–H groups in total. The van der Waals surface area contributed by atoms with Crippen molar-refractivity contribution in [2.24, 2.45) is 0 Å². The maximum absolute atomic E-state index is 5.82. The first-order valence-electron chi connectivity index (χ1n) is 9.89. The third kappa shape index (κ3) is 6.52. The minimum Gasteiger partial charge on any atom is -0.454 e. The molecule has 0 aromatic heterocycles. The zero-order valence-corrected chi connectivity index (χ0v) is 18.2. The van der Waals surface area contributed by atoms with E-state index in [9.17, 15) is 0 Å². The molecule has 2 aromatic rings. The van der Waals surface area contributed by atoms with Crippen LogP contribution in [-0.2, 0) is 17.9 Å². The van der Waals surface area contributed by atoms with Gasteiger partial charge in [0.15, 0.2) is 11.5 Å². The summed E-state index contributed by atoms with van der Waals surface area (Å²) in [5.74, 6) is 1.72. The number of hydrogen-bond donors (Lipinski definition) is 1. The second-order valence-corrected chi connectivity index (χ2v) is 8.15. The molecule has 2 aliphatic rings. The molecular formula is C22H29ClN2O3S. The average Bonchev–Trinajstić information content (AvgIpc) is 3.18. The zero-order valence-electron chi connectivity index (χ0n) is 16.5. The van der Waals surface area contributed by atoms with Gasteiger partial charge in [0.2, 0.25) is 6.79 Å². The highest BCUT2D eigenvalue weighted by molar-refractivity contribution is 7.81. The monoisotopic (exact) mass is 436 g/mol. The Labute approximate surface area is 184 Å². The summed E-state index contributed by atoms with van der Waals surface area (Å²) in [6.45, 7) is 7.86. The highest BCUT2D eigenvalue weighted by Crippen LogP contribution is 2.32. The average molecular weight is 437 g/mol. The Kier molecular flexibility index (Phi) is 8.51. The molecule has 1 saturated heterocycles. The maximum Gasteiger partial charge on any atom is 0.231 e. The first-order chi connectivity index (χ1) is 13.8. The van der Waals surface area contributed by atoms with Crippen molar-refractivity contribution >= 4 is 25.0 Å². The number of ether oxygens (including phenoxy) is 3. The fourth-order valence-corrected chi connectivity index (χ4v) is 4.00. The summed E-state index contributed by atoms with van der Waals surface area (Å²) < 4.78 is 16.7. The largest absolute Gasteiger partial charge is 0.454 e. The normalized spacial score (nSPS) is 17.7. The Morgan fingerprint density at radius 2 is 1.62 bits per heavy atom. The van der Waals surface area contributed by atoms with Crippen molar-refractivity contribution in [3.05, 3.63) is 59.7 Å². The Bertz CT molecular complexity index is 757. The number of thiol groups is 1. The van der Waals surface area contributed by atoms with E-state index in [2.05, 4.69) is 34.1 Å². The molecule has 1 unspecified atom stereocenters. The van der Waals surface area contributed by atoms with Gasteiger partial charge in [0, 0.05) is 44.5 Å². The number of halogens is 1. The molecule has 5 nitrogen and oxygen atoms in total. The first kappa shape index (κ1) is 22.2. The molecule has 0 spiro atoms. The summed E-state index contributed by atoms with van der Waals surface area (Å²) >= 11 is 4.72. The first-order valence-corrected chi connectivity index (χ1v) is 10.4. The van der Waals surface area contributed by atoms with Gasteiger partial charge in [-0.2, -0.15) is 12.6 Å². The fourth-order valence-electron chi connectivity index (χ4n) is 3.67. The van der Waals surface area contributed by atoms with Crippen molar-refractivity contribution in [1.82, 2.24) is 9.80 Å². The van der Waals surface area contributed by atoms with Crippen LogP contribution in [0.5, 0.6) is 11.5 Å². The highest BCUT2D eigenvalue weighted by atomic mass is 35.5. The number of fused-ring (bicyclic) bond motifs is 1. The van der Waals surface area contributed by atoms with Gasteiger partial charge in [-0.05, 0) is 23.3 Å². The summed E-state index contributed by atoms with van der Waals surface area (Å²) in [7, 11) is 0. The lowest BCUT2D eigenvalue weighted by atomic mass is 10.1. The Hall–Kier alpha value is -1.44. The molecule has 2 aliphatic heterocycles. The lowest BCUT2D eigenvalue weighted by molar-refractivity contribution is 0.0941. The van der Waals surface area contributed by atoms with Crippen molar-refractivity contribution < 1.29 is 14.2 Å². The van der Waals surface area contributed by atoms with E-state index in [-0.39, 0.29) is 17.7 Å². The van der Waals surface area contributed by atoms with Crippen molar-refractivity contribution in [3.63, 3.8) is 0 Å². The highest BCUT2D eigenvalue weighted by Gasteiger charge is 2.20. The van der Waals surface area contributed by atoms with E-state index < -0.39 is 0 Å². The molecule has 2 heterocycles. The number of piperazine rings is 1. The van der Waals surface area contributed by atoms with Crippen LogP contribution in [0.15, 0.2) is 48.5 Å². The summed E-state index contributed by atoms with van der Waals surface area (Å²) in [4.78, 5) is 4.98. The van der Waals surface area contributed by atoms with Gasteiger partial charge in [0.25, 0.3) is 0 Å². The van der Waals surface area contributed by atoms with Crippen LogP contribution in [0.3, 0.4) is 0 Å². The third-order valence-corrected chi connectivity index (χ3v) is 5.51. The minimum atomic E-state index is 0. The van der Waals surface area contributed by atoms with Crippen LogP contribution in [0.25, 0.3) is 0 Å². The van der Waals surface area contributed by atoms with Gasteiger partial charge in [0.05, 0.1) is 13.2 Å². The van der Waals surface area contributed by atoms with Crippen LogP contribution >= 0.6 is 25.0 Å². The van der Waals surface area contributed by atoms with Gasteiger partial charge in [-0.3, -0.25) is 9.80 Å². The van der Waals surface area contributed by atoms with Crippen molar-refractivity contribution in [2.45, 2.75) is 18.4 Å².